The van der Waals surface area contributed by atoms with Crippen LogP contribution in [0.15, 0.2) is 35.1 Å². The molecule has 1 unspecified atom stereocenters. The van der Waals surface area contributed by atoms with Gasteiger partial charge in [-0.05, 0) is 49.8 Å². The molecule has 0 saturated carbocycles. The predicted molar refractivity (Wildman–Crippen MR) is 111 cm³/mol. The Balaban J connectivity index is 1.96. The summed E-state index contributed by atoms with van der Waals surface area (Å²) in [5.74, 6) is 0.510. The Morgan fingerprint density at radius 2 is 2.00 bits per heavy atom. The summed E-state index contributed by atoms with van der Waals surface area (Å²) in [6, 6.07) is 9.49. The van der Waals surface area contributed by atoms with Crippen molar-refractivity contribution in [3.05, 3.63) is 51.1 Å². The Labute approximate surface area is 162 Å². The Kier molecular flexibility index (Phi) is 5.27. The molecule has 2 aromatic heterocycles. The second kappa shape index (κ2) is 7.82. The van der Waals surface area contributed by atoms with Crippen LogP contribution in [-0.4, -0.2) is 27.3 Å². The third kappa shape index (κ3) is 3.39. The van der Waals surface area contributed by atoms with Crippen LogP contribution < -0.4 is 10.9 Å². The molecule has 1 aliphatic rings. The molecule has 0 bridgehead atoms. The topological polar surface area (TPSA) is 67.2 Å². The van der Waals surface area contributed by atoms with Gasteiger partial charge in [0.25, 0.3) is 5.56 Å². The average Bonchev–Trinajstić information content (AvgIpc) is 2.88. The fourth-order valence-corrected chi connectivity index (χ4v) is 5.01. The van der Waals surface area contributed by atoms with E-state index in [9.17, 15) is 9.90 Å². The molecule has 142 valence electrons. The van der Waals surface area contributed by atoms with Gasteiger partial charge in [0.15, 0.2) is 0 Å². The lowest BCUT2D eigenvalue weighted by Crippen LogP contribution is -2.30. The number of hydrogen-bond donors (Lipinski definition) is 2. The van der Waals surface area contributed by atoms with Crippen LogP contribution in [0.3, 0.4) is 0 Å². The van der Waals surface area contributed by atoms with Crippen molar-refractivity contribution in [3.63, 3.8) is 0 Å². The number of aromatic nitrogens is 2. The van der Waals surface area contributed by atoms with Crippen molar-refractivity contribution in [1.82, 2.24) is 9.55 Å². The van der Waals surface area contributed by atoms with Crippen LogP contribution >= 0.6 is 11.3 Å². The first-order chi connectivity index (χ1) is 13.2. The quantitative estimate of drug-likeness (QED) is 0.656. The van der Waals surface area contributed by atoms with E-state index in [1.165, 1.54) is 23.3 Å². The van der Waals surface area contributed by atoms with Crippen LogP contribution in [0.5, 0.6) is 0 Å². The standard InChI is InChI=1S/C21H25N3O2S/c1-2-14(13-25)22-21-23-19-18(16-11-7-4-8-12-17(16)27-19)20(26)24(21)15-9-5-3-6-10-15/h3,5-6,9-10,14,25H,2,4,7-8,11-13H2,1H3,(H,22,23). The summed E-state index contributed by atoms with van der Waals surface area (Å²) in [7, 11) is 0. The highest BCUT2D eigenvalue weighted by atomic mass is 32.1. The van der Waals surface area contributed by atoms with Crippen molar-refractivity contribution in [1.29, 1.82) is 0 Å². The van der Waals surface area contributed by atoms with E-state index in [2.05, 4.69) is 5.32 Å². The van der Waals surface area contributed by atoms with Crippen LogP contribution in [0.4, 0.5) is 5.95 Å². The number of thiophene rings is 1. The molecule has 1 aliphatic carbocycles. The summed E-state index contributed by atoms with van der Waals surface area (Å²) in [6.07, 6.45) is 6.28. The van der Waals surface area contributed by atoms with Crippen LogP contribution in [0.25, 0.3) is 15.9 Å². The van der Waals surface area contributed by atoms with E-state index in [-0.39, 0.29) is 18.2 Å². The van der Waals surface area contributed by atoms with Gasteiger partial charge >= 0.3 is 0 Å². The number of rotatable bonds is 5. The first-order valence-electron chi connectivity index (χ1n) is 9.73. The molecule has 3 aromatic rings. The SMILES string of the molecule is CCC(CO)Nc1nc2sc3c(c2c(=O)n1-c1ccccc1)CCCCC3. The van der Waals surface area contributed by atoms with Gasteiger partial charge in [-0.1, -0.05) is 31.5 Å². The molecule has 27 heavy (non-hydrogen) atoms. The number of benzene rings is 1. The molecule has 5 nitrogen and oxygen atoms in total. The molecule has 1 aromatic carbocycles. The zero-order chi connectivity index (χ0) is 18.8. The number of aryl methyl sites for hydroxylation is 2. The average molecular weight is 384 g/mol. The minimum Gasteiger partial charge on any atom is -0.394 e. The molecule has 0 saturated heterocycles. The lowest BCUT2D eigenvalue weighted by molar-refractivity contribution is 0.271. The third-order valence-electron chi connectivity index (χ3n) is 5.30. The number of aliphatic hydroxyl groups excluding tert-OH is 1. The Morgan fingerprint density at radius 1 is 1.22 bits per heavy atom. The summed E-state index contributed by atoms with van der Waals surface area (Å²) in [5.41, 5.74) is 1.98. The van der Waals surface area contributed by atoms with Crippen LogP contribution in [0.1, 0.15) is 43.0 Å². The number of para-hydroxylation sites is 1. The number of fused-ring (bicyclic) bond motifs is 3. The van der Waals surface area contributed by atoms with Gasteiger partial charge in [-0.3, -0.25) is 4.79 Å². The van der Waals surface area contributed by atoms with Crippen molar-refractivity contribution in [2.24, 2.45) is 0 Å². The van der Waals surface area contributed by atoms with Crippen LogP contribution in [-0.2, 0) is 12.8 Å². The summed E-state index contributed by atoms with van der Waals surface area (Å²) in [6.45, 7) is 2.00. The summed E-state index contributed by atoms with van der Waals surface area (Å²) < 4.78 is 1.67. The van der Waals surface area contributed by atoms with E-state index >= 15 is 0 Å². The van der Waals surface area contributed by atoms with Crippen molar-refractivity contribution in [2.75, 3.05) is 11.9 Å². The Hall–Kier alpha value is -2.18. The lowest BCUT2D eigenvalue weighted by Gasteiger charge is -2.19. The zero-order valence-corrected chi connectivity index (χ0v) is 16.4. The Bertz CT molecular complexity index is 990. The van der Waals surface area contributed by atoms with Crippen LogP contribution in [0, 0.1) is 0 Å². The number of nitrogens with zero attached hydrogens (tertiary/aromatic N) is 2. The highest BCUT2D eigenvalue weighted by Gasteiger charge is 2.22. The first-order valence-corrected chi connectivity index (χ1v) is 10.5. The van der Waals surface area contributed by atoms with E-state index in [4.69, 9.17) is 4.98 Å². The highest BCUT2D eigenvalue weighted by molar-refractivity contribution is 7.18. The van der Waals surface area contributed by atoms with Crippen molar-refractivity contribution in [3.8, 4) is 5.69 Å². The fourth-order valence-electron chi connectivity index (χ4n) is 3.75. The third-order valence-corrected chi connectivity index (χ3v) is 6.49. The number of nitrogens with one attached hydrogen (secondary N) is 1. The van der Waals surface area contributed by atoms with Gasteiger partial charge in [0.05, 0.1) is 23.7 Å². The van der Waals surface area contributed by atoms with Gasteiger partial charge in [0, 0.05) is 4.88 Å². The van der Waals surface area contributed by atoms with E-state index in [1.807, 2.05) is 37.3 Å². The molecule has 2 heterocycles. The molecule has 6 heteroatoms. The van der Waals surface area contributed by atoms with E-state index in [1.54, 1.807) is 15.9 Å². The minimum atomic E-state index is -0.137. The molecular formula is C21H25N3O2S. The second-order valence-electron chi connectivity index (χ2n) is 7.09. The smallest absolute Gasteiger partial charge is 0.268 e. The molecule has 0 spiro atoms. The fraction of sp³-hybridized carbons (Fsp3) is 0.429. The van der Waals surface area contributed by atoms with Gasteiger partial charge in [0.1, 0.15) is 4.83 Å². The molecule has 0 amide bonds. The van der Waals surface area contributed by atoms with Gasteiger partial charge in [0.2, 0.25) is 5.95 Å². The molecule has 2 N–H and O–H groups in total. The molecule has 0 radical (unpaired) electrons. The molecule has 1 atom stereocenters. The van der Waals surface area contributed by atoms with Gasteiger partial charge < -0.3 is 10.4 Å². The van der Waals surface area contributed by atoms with Crippen molar-refractivity contribution in [2.45, 2.75) is 51.5 Å². The van der Waals surface area contributed by atoms with Crippen molar-refractivity contribution >= 4 is 27.5 Å². The first kappa shape index (κ1) is 18.2. The Morgan fingerprint density at radius 3 is 2.74 bits per heavy atom. The van der Waals surface area contributed by atoms with Crippen LogP contribution in [0.2, 0.25) is 0 Å². The van der Waals surface area contributed by atoms with Gasteiger partial charge in [-0.15, -0.1) is 11.3 Å². The largest absolute Gasteiger partial charge is 0.394 e. The molecule has 0 aliphatic heterocycles. The maximum Gasteiger partial charge on any atom is 0.268 e. The maximum absolute atomic E-state index is 13.6. The summed E-state index contributed by atoms with van der Waals surface area (Å²) in [5, 5.41) is 13.7. The van der Waals surface area contributed by atoms with Gasteiger partial charge in [-0.2, -0.15) is 0 Å². The number of aliphatic hydroxyl groups is 1. The normalized spacial score (nSPS) is 15.3. The van der Waals surface area contributed by atoms with E-state index < -0.39 is 0 Å². The number of hydrogen-bond acceptors (Lipinski definition) is 5. The molecular weight excluding hydrogens is 358 g/mol. The molecule has 4 rings (SSSR count). The van der Waals surface area contributed by atoms with E-state index in [0.29, 0.717) is 5.95 Å². The minimum absolute atomic E-state index is 0.000137. The van der Waals surface area contributed by atoms with E-state index in [0.717, 1.165) is 41.6 Å². The second-order valence-corrected chi connectivity index (χ2v) is 8.17. The predicted octanol–water partition coefficient (Wildman–Crippen LogP) is 3.90. The number of anilines is 1. The monoisotopic (exact) mass is 383 g/mol. The maximum atomic E-state index is 13.6. The molecule has 0 fully saturated rings. The lowest BCUT2D eigenvalue weighted by atomic mass is 10.1. The highest BCUT2D eigenvalue weighted by Crippen LogP contribution is 2.34. The van der Waals surface area contributed by atoms with Gasteiger partial charge in [-0.25, -0.2) is 9.55 Å². The summed E-state index contributed by atoms with van der Waals surface area (Å²) >= 11 is 1.66. The zero-order valence-electron chi connectivity index (χ0n) is 15.6. The summed E-state index contributed by atoms with van der Waals surface area (Å²) in [4.78, 5) is 20.6. The van der Waals surface area contributed by atoms with Crippen molar-refractivity contribution < 1.29 is 5.11 Å².